The predicted molar refractivity (Wildman–Crippen MR) is 104 cm³/mol. The van der Waals surface area contributed by atoms with E-state index in [1.165, 1.54) is 36.7 Å². The second-order valence-electron chi connectivity index (χ2n) is 5.42. The fraction of sp³-hybridized carbons (Fsp3) is 0.111. The molecule has 6 N–H and O–H groups in total. The molecule has 28 heavy (non-hydrogen) atoms. The highest BCUT2D eigenvalue weighted by molar-refractivity contribution is 6.13. The summed E-state index contributed by atoms with van der Waals surface area (Å²) in [6, 6.07) is 5.38. The third-order valence-electron chi connectivity index (χ3n) is 3.44. The molecule has 0 unspecified atom stereocenters. The fourth-order valence-corrected chi connectivity index (χ4v) is 2.00. The van der Waals surface area contributed by atoms with E-state index in [1.54, 1.807) is 0 Å². The van der Waals surface area contributed by atoms with Crippen molar-refractivity contribution >= 4 is 18.3 Å². The van der Waals surface area contributed by atoms with Gasteiger partial charge in [0.1, 0.15) is 12.0 Å². The minimum Gasteiger partial charge on any atom is -0.400 e. The van der Waals surface area contributed by atoms with Gasteiger partial charge in [0.05, 0.1) is 18.0 Å². The Kier molecular flexibility index (Phi) is 7.28. The van der Waals surface area contributed by atoms with Gasteiger partial charge >= 0.3 is 0 Å². The molecule has 0 radical (unpaired) electrons. The summed E-state index contributed by atoms with van der Waals surface area (Å²) < 4.78 is 32.0. The molecule has 146 valence electrons. The van der Waals surface area contributed by atoms with Crippen molar-refractivity contribution in [3.8, 4) is 0 Å². The lowest BCUT2D eigenvalue weighted by Gasteiger charge is -2.04. The Labute approximate surface area is 159 Å². The average molecular weight is 387 g/mol. The van der Waals surface area contributed by atoms with E-state index in [1.807, 2.05) is 0 Å². The van der Waals surface area contributed by atoms with Gasteiger partial charge in [-0.1, -0.05) is 17.3 Å². The fourth-order valence-electron chi connectivity index (χ4n) is 2.00. The number of aromatic nitrogens is 1. The first-order chi connectivity index (χ1) is 13.5. The van der Waals surface area contributed by atoms with Crippen LogP contribution in [0.25, 0.3) is 0 Å². The Morgan fingerprint density at radius 3 is 2.68 bits per heavy atom. The third-order valence-corrected chi connectivity index (χ3v) is 3.44. The van der Waals surface area contributed by atoms with Crippen molar-refractivity contribution in [2.45, 2.75) is 6.54 Å². The van der Waals surface area contributed by atoms with Crippen molar-refractivity contribution in [2.75, 3.05) is 6.54 Å². The zero-order valence-electron chi connectivity index (χ0n) is 14.8. The van der Waals surface area contributed by atoms with Crippen LogP contribution in [0.15, 0.2) is 73.7 Å². The van der Waals surface area contributed by atoms with Crippen molar-refractivity contribution in [1.29, 1.82) is 0 Å². The highest BCUT2D eigenvalue weighted by atomic mass is 19.2. The van der Waals surface area contributed by atoms with Gasteiger partial charge in [-0.05, 0) is 18.9 Å². The predicted octanol–water partition coefficient (Wildman–Crippen LogP) is 1.64. The molecule has 0 bridgehead atoms. The molecule has 10 heteroatoms. The highest BCUT2D eigenvalue weighted by Crippen LogP contribution is 2.13. The maximum Gasteiger partial charge on any atom is 0.174 e. The zero-order chi connectivity index (χ0) is 20.5. The number of hydrogen-bond donors (Lipinski definition) is 3. The maximum atomic E-state index is 13.9. The molecule has 1 aromatic heterocycles. The summed E-state index contributed by atoms with van der Waals surface area (Å²) in [4.78, 5) is 12.0. The first-order valence-electron chi connectivity index (χ1n) is 8.01. The molecular weight excluding hydrogens is 368 g/mol. The van der Waals surface area contributed by atoms with Gasteiger partial charge < -0.3 is 21.7 Å². The Hall–Kier alpha value is -3.66. The molecular formula is C18H19F2N7O. The zero-order valence-corrected chi connectivity index (χ0v) is 14.8. The number of allylic oxidation sites excluding steroid dienone is 1. The Morgan fingerprint density at radius 1 is 1.25 bits per heavy atom. The highest BCUT2D eigenvalue weighted by Gasteiger charge is 2.11. The molecule has 0 aliphatic heterocycles. The summed E-state index contributed by atoms with van der Waals surface area (Å²) >= 11 is 0. The van der Waals surface area contributed by atoms with Crippen molar-refractivity contribution in [3.63, 3.8) is 0 Å². The molecule has 0 aliphatic rings. The molecule has 2 rings (SSSR count). The van der Waals surface area contributed by atoms with Crippen molar-refractivity contribution < 1.29 is 13.3 Å². The number of rotatable bonds is 7. The topological polar surface area (TPSA) is 141 Å². The second kappa shape index (κ2) is 9.88. The van der Waals surface area contributed by atoms with Crippen LogP contribution in [0.2, 0.25) is 0 Å². The van der Waals surface area contributed by atoms with E-state index >= 15 is 0 Å². The van der Waals surface area contributed by atoms with Gasteiger partial charge in [0.15, 0.2) is 17.5 Å². The molecule has 8 nitrogen and oxygen atoms in total. The summed E-state index contributed by atoms with van der Waals surface area (Å²) in [6.07, 6.45) is 4.05. The third kappa shape index (κ3) is 5.42. The molecule has 1 aromatic carbocycles. The van der Waals surface area contributed by atoms with Crippen molar-refractivity contribution in [2.24, 2.45) is 32.2 Å². The lowest BCUT2D eigenvalue weighted by molar-refractivity contribution is 0.418. The van der Waals surface area contributed by atoms with Crippen LogP contribution in [0, 0.1) is 11.6 Å². The summed E-state index contributed by atoms with van der Waals surface area (Å²) in [5.74, 6) is -1.86. The SMILES string of the molecule is C=NC(=N/C=C(/N)CN)/C(N)=C/C(=NCc1cccc(F)c1F)c1ccon1. The van der Waals surface area contributed by atoms with Gasteiger partial charge in [0.2, 0.25) is 0 Å². The molecule has 0 atom stereocenters. The van der Waals surface area contributed by atoms with Crippen LogP contribution in [0.3, 0.4) is 0 Å². The number of nitrogens with zero attached hydrogens (tertiary/aromatic N) is 4. The molecule has 1 heterocycles. The van der Waals surface area contributed by atoms with Gasteiger partial charge in [-0.15, -0.1) is 0 Å². The molecule has 0 aliphatic carbocycles. The molecule has 0 fully saturated rings. The number of hydrogen-bond acceptors (Lipinski definition) is 7. The molecule has 0 saturated heterocycles. The van der Waals surface area contributed by atoms with E-state index in [0.29, 0.717) is 11.4 Å². The molecule has 0 saturated carbocycles. The number of amidine groups is 1. The van der Waals surface area contributed by atoms with Crippen LogP contribution in [0.4, 0.5) is 8.78 Å². The van der Waals surface area contributed by atoms with E-state index in [9.17, 15) is 8.78 Å². The summed E-state index contributed by atoms with van der Waals surface area (Å²) in [5, 5.41) is 3.79. The number of nitrogens with two attached hydrogens (primary N) is 3. The first kappa shape index (κ1) is 20.6. The quantitative estimate of drug-likeness (QED) is 0.489. The maximum absolute atomic E-state index is 13.9. The Morgan fingerprint density at radius 2 is 2.04 bits per heavy atom. The van der Waals surface area contributed by atoms with E-state index in [0.717, 1.165) is 6.07 Å². The van der Waals surface area contributed by atoms with Crippen LogP contribution >= 0.6 is 0 Å². The minimum atomic E-state index is -0.972. The number of benzene rings is 1. The van der Waals surface area contributed by atoms with E-state index in [2.05, 4.69) is 26.9 Å². The monoisotopic (exact) mass is 387 g/mol. The van der Waals surface area contributed by atoms with Crippen LogP contribution in [0.5, 0.6) is 0 Å². The number of aliphatic imine (C=N–C) groups is 3. The van der Waals surface area contributed by atoms with E-state index in [4.69, 9.17) is 21.7 Å². The minimum absolute atomic E-state index is 0.0716. The van der Waals surface area contributed by atoms with Gasteiger partial charge in [0, 0.05) is 30.1 Å². The summed E-state index contributed by atoms with van der Waals surface area (Å²) in [6.45, 7) is 3.37. The Balaban J connectivity index is 2.39. The number of halogens is 2. The van der Waals surface area contributed by atoms with Crippen molar-refractivity contribution in [3.05, 3.63) is 77.1 Å². The Bertz CT molecular complexity index is 947. The summed E-state index contributed by atoms with van der Waals surface area (Å²) in [7, 11) is 0. The largest absolute Gasteiger partial charge is 0.400 e. The van der Waals surface area contributed by atoms with Crippen molar-refractivity contribution in [1.82, 2.24) is 5.16 Å². The van der Waals surface area contributed by atoms with Crippen LogP contribution in [-0.4, -0.2) is 30.0 Å². The molecule has 0 spiro atoms. The smallest absolute Gasteiger partial charge is 0.174 e. The second-order valence-corrected chi connectivity index (χ2v) is 5.42. The lowest BCUT2D eigenvalue weighted by atomic mass is 10.2. The van der Waals surface area contributed by atoms with Gasteiger partial charge in [-0.2, -0.15) is 0 Å². The standard InChI is InChI=1S/C18H19F2N7O/c1-24-18(26-10-12(22)8-21)14(23)7-16(15-5-6-28-27-15)25-9-11-3-2-4-13(19)17(11)20/h2-7,10H,1,8-9,21-23H2/b12-10+,14-7-,25-16?,26-18+. The van der Waals surface area contributed by atoms with E-state index in [-0.39, 0.29) is 35.9 Å². The van der Waals surface area contributed by atoms with E-state index < -0.39 is 11.6 Å². The summed E-state index contributed by atoms with van der Waals surface area (Å²) in [5.41, 5.74) is 18.1. The van der Waals surface area contributed by atoms with Gasteiger partial charge in [0.25, 0.3) is 0 Å². The first-order valence-corrected chi connectivity index (χ1v) is 8.01. The molecule has 0 amide bonds. The normalized spacial score (nSPS) is 13.7. The van der Waals surface area contributed by atoms with Gasteiger partial charge in [-0.25, -0.2) is 18.8 Å². The average Bonchev–Trinajstić information content (AvgIpc) is 3.22. The van der Waals surface area contributed by atoms with Gasteiger partial charge in [-0.3, -0.25) is 4.99 Å². The van der Waals surface area contributed by atoms with Crippen LogP contribution in [-0.2, 0) is 6.54 Å². The van der Waals surface area contributed by atoms with Crippen LogP contribution < -0.4 is 17.2 Å². The lowest BCUT2D eigenvalue weighted by Crippen LogP contribution is -2.14. The van der Waals surface area contributed by atoms with Crippen LogP contribution in [0.1, 0.15) is 11.3 Å². The molecule has 2 aromatic rings.